The highest BCUT2D eigenvalue weighted by Crippen LogP contribution is 2.26. The number of phenolic OH excluding ortho intramolecular Hbond substituents is 2. The second-order valence-corrected chi connectivity index (χ2v) is 4.55. The maximum atomic E-state index is 11.9. The Labute approximate surface area is 145 Å². The Morgan fingerprint density at radius 2 is 1.60 bits per heavy atom. The highest BCUT2D eigenvalue weighted by atomic mass is 16.5. The largest absolute Gasteiger partial charge is 0.508 e. The van der Waals surface area contributed by atoms with Gasteiger partial charge in [-0.2, -0.15) is 5.10 Å². The van der Waals surface area contributed by atoms with E-state index in [9.17, 15) is 15.0 Å². The molecule has 0 fully saturated rings. The van der Waals surface area contributed by atoms with E-state index in [2.05, 4.69) is 10.5 Å². The minimum atomic E-state index is -0.562. The van der Waals surface area contributed by atoms with Gasteiger partial charge in [0.05, 0.1) is 20.4 Å². The third-order valence-electron chi connectivity index (χ3n) is 2.95. The number of amides is 1. The van der Waals surface area contributed by atoms with Crippen LogP contribution in [-0.2, 0) is 0 Å². The molecule has 0 saturated carbocycles. The molecule has 8 nitrogen and oxygen atoms in total. The smallest absolute Gasteiger partial charge is 0.271 e. The average molecular weight is 348 g/mol. The number of aromatic hydroxyl groups is 2. The van der Waals surface area contributed by atoms with Crippen molar-refractivity contribution < 1.29 is 29.6 Å². The maximum Gasteiger partial charge on any atom is 0.271 e. The summed E-state index contributed by atoms with van der Waals surface area (Å²) in [6.45, 7) is 0. The fourth-order valence-corrected chi connectivity index (χ4v) is 1.89. The second kappa shape index (κ2) is 9.78. The Bertz CT molecular complexity index is 726. The number of carbonyl (C=O) groups excluding carboxylic acids is 1. The third kappa shape index (κ3) is 5.70. The molecule has 0 atom stereocenters. The van der Waals surface area contributed by atoms with Crippen LogP contribution in [0.5, 0.6) is 23.0 Å². The van der Waals surface area contributed by atoms with Crippen molar-refractivity contribution in [3.8, 4) is 23.0 Å². The van der Waals surface area contributed by atoms with Crippen LogP contribution in [0.3, 0.4) is 0 Å². The summed E-state index contributed by atoms with van der Waals surface area (Å²) in [5, 5.41) is 29.5. The summed E-state index contributed by atoms with van der Waals surface area (Å²) < 4.78 is 10.3. The van der Waals surface area contributed by atoms with Gasteiger partial charge in [0.15, 0.2) is 11.5 Å². The number of aliphatic hydroxyl groups is 1. The molecule has 2 aromatic rings. The number of rotatable bonds is 5. The molecular weight excluding hydrogens is 328 g/mol. The summed E-state index contributed by atoms with van der Waals surface area (Å²) in [5.74, 6) is 0.149. The molecule has 0 aliphatic rings. The van der Waals surface area contributed by atoms with Crippen LogP contribution < -0.4 is 14.9 Å². The number of benzene rings is 2. The van der Waals surface area contributed by atoms with Crippen molar-refractivity contribution in [1.29, 1.82) is 0 Å². The second-order valence-electron chi connectivity index (χ2n) is 4.55. The number of nitrogens with one attached hydrogen (secondary N) is 1. The zero-order valence-corrected chi connectivity index (χ0v) is 14.1. The lowest BCUT2D eigenvalue weighted by atomic mass is 10.2. The minimum absolute atomic E-state index is 0.0898. The van der Waals surface area contributed by atoms with E-state index in [1.807, 2.05) is 0 Å². The number of methoxy groups -OCH3 is 2. The van der Waals surface area contributed by atoms with Gasteiger partial charge < -0.3 is 24.8 Å². The van der Waals surface area contributed by atoms with Gasteiger partial charge in [0.1, 0.15) is 11.5 Å². The molecule has 134 valence electrons. The van der Waals surface area contributed by atoms with Crippen molar-refractivity contribution in [3.63, 3.8) is 0 Å². The van der Waals surface area contributed by atoms with Crippen molar-refractivity contribution in [2.24, 2.45) is 5.10 Å². The monoisotopic (exact) mass is 348 g/mol. The zero-order chi connectivity index (χ0) is 18.8. The summed E-state index contributed by atoms with van der Waals surface area (Å²) in [7, 11) is 4.06. The summed E-state index contributed by atoms with van der Waals surface area (Å²) in [5.41, 5.74) is 3.09. The maximum absolute atomic E-state index is 11.9. The molecule has 1 amide bonds. The Balaban J connectivity index is 0.00000151. The van der Waals surface area contributed by atoms with Gasteiger partial charge in [0, 0.05) is 18.7 Å². The molecule has 0 aliphatic heterocycles. The van der Waals surface area contributed by atoms with E-state index in [1.165, 1.54) is 32.6 Å². The van der Waals surface area contributed by atoms with Crippen LogP contribution in [0.2, 0.25) is 0 Å². The summed E-state index contributed by atoms with van der Waals surface area (Å²) in [6.07, 6.45) is 1.43. The van der Waals surface area contributed by atoms with Crippen LogP contribution in [0.15, 0.2) is 41.5 Å². The van der Waals surface area contributed by atoms with Crippen molar-refractivity contribution in [3.05, 3.63) is 47.5 Å². The first-order valence-electron chi connectivity index (χ1n) is 7.06. The molecule has 8 heteroatoms. The van der Waals surface area contributed by atoms with Crippen molar-refractivity contribution >= 4 is 12.1 Å². The van der Waals surface area contributed by atoms with E-state index >= 15 is 0 Å². The fraction of sp³-hybridized carbons (Fsp3) is 0.176. The number of hydrazone groups is 1. The Morgan fingerprint density at radius 1 is 1.00 bits per heavy atom. The van der Waals surface area contributed by atoms with Crippen LogP contribution in [0.25, 0.3) is 0 Å². The van der Waals surface area contributed by atoms with Gasteiger partial charge in [0.25, 0.3) is 5.91 Å². The molecule has 0 aliphatic carbocycles. The van der Waals surface area contributed by atoms with Crippen LogP contribution in [0, 0.1) is 0 Å². The Hall–Kier alpha value is -3.26. The normalized spacial score (nSPS) is 9.92. The highest BCUT2D eigenvalue weighted by Gasteiger charge is 2.07. The van der Waals surface area contributed by atoms with E-state index in [0.717, 1.165) is 13.2 Å². The van der Waals surface area contributed by atoms with E-state index in [1.54, 1.807) is 18.2 Å². The number of carbonyl (C=O) groups is 1. The minimum Gasteiger partial charge on any atom is -0.508 e. The number of hydrogen-bond acceptors (Lipinski definition) is 7. The summed E-state index contributed by atoms with van der Waals surface area (Å²) in [6, 6.07) is 8.74. The highest BCUT2D eigenvalue weighted by molar-refractivity contribution is 5.95. The number of aliphatic hydroxyl groups excluding tert-OH is 1. The van der Waals surface area contributed by atoms with Gasteiger partial charge in [0.2, 0.25) is 0 Å². The van der Waals surface area contributed by atoms with Gasteiger partial charge >= 0.3 is 0 Å². The van der Waals surface area contributed by atoms with Gasteiger partial charge in [-0.15, -0.1) is 0 Å². The Morgan fingerprint density at radius 3 is 2.16 bits per heavy atom. The van der Waals surface area contributed by atoms with Crippen LogP contribution in [0.4, 0.5) is 0 Å². The molecular formula is C17H20N2O6. The predicted octanol–water partition coefficient (Wildman–Crippen LogP) is 1.49. The molecule has 25 heavy (non-hydrogen) atoms. The van der Waals surface area contributed by atoms with E-state index in [-0.39, 0.29) is 17.1 Å². The number of nitrogens with zero attached hydrogens (tertiary/aromatic N) is 1. The van der Waals surface area contributed by atoms with Crippen molar-refractivity contribution in [2.45, 2.75) is 0 Å². The zero-order valence-electron chi connectivity index (χ0n) is 14.1. The SMILES string of the molecule is CO.COc1ccc(/C=N/NC(=O)c2cc(O)cc(O)c2)cc1OC. The first kappa shape index (κ1) is 19.8. The molecule has 2 rings (SSSR count). The van der Waals surface area contributed by atoms with Crippen molar-refractivity contribution in [1.82, 2.24) is 5.43 Å². The molecule has 0 aromatic heterocycles. The number of phenols is 2. The third-order valence-corrected chi connectivity index (χ3v) is 2.95. The molecule has 0 saturated heterocycles. The average Bonchev–Trinajstić information content (AvgIpc) is 2.62. The van der Waals surface area contributed by atoms with Gasteiger partial charge in [-0.1, -0.05) is 0 Å². The molecule has 0 radical (unpaired) electrons. The lowest BCUT2D eigenvalue weighted by molar-refractivity contribution is 0.0954. The molecule has 2 aromatic carbocycles. The van der Waals surface area contributed by atoms with Gasteiger partial charge in [-0.25, -0.2) is 5.43 Å². The molecule has 0 spiro atoms. The summed E-state index contributed by atoms with van der Waals surface area (Å²) in [4.78, 5) is 11.9. The number of ether oxygens (including phenoxy) is 2. The van der Waals surface area contributed by atoms with E-state index in [4.69, 9.17) is 14.6 Å². The topological polar surface area (TPSA) is 121 Å². The molecule has 0 bridgehead atoms. The lowest BCUT2D eigenvalue weighted by Gasteiger charge is -2.07. The predicted molar refractivity (Wildman–Crippen MR) is 92.5 cm³/mol. The van der Waals surface area contributed by atoms with E-state index < -0.39 is 5.91 Å². The number of hydrogen-bond donors (Lipinski definition) is 4. The lowest BCUT2D eigenvalue weighted by Crippen LogP contribution is -2.17. The van der Waals surface area contributed by atoms with Crippen LogP contribution in [0.1, 0.15) is 15.9 Å². The summed E-state index contributed by atoms with van der Waals surface area (Å²) >= 11 is 0. The quantitative estimate of drug-likeness (QED) is 0.480. The first-order valence-corrected chi connectivity index (χ1v) is 7.06. The molecule has 4 N–H and O–H groups in total. The molecule has 0 heterocycles. The van der Waals surface area contributed by atoms with Gasteiger partial charge in [-0.05, 0) is 35.9 Å². The Kier molecular flexibility index (Phi) is 7.74. The van der Waals surface area contributed by atoms with Crippen LogP contribution in [-0.4, -0.2) is 48.8 Å². The first-order chi connectivity index (χ1) is 12.0. The van der Waals surface area contributed by atoms with E-state index in [0.29, 0.717) is 17.1 Å². The van der Waals surface area contributed by atoms with Crippen LogP contribution >= 0.6 is 0 Å². The van der Waals surface area contributed by atoms with Gasteiger partial charge in [-0.3, -0.25) is 4.79 Å². The fourth-order valence-electron chi connectivity index (χ4n) is 1.89. The molecule has 0 unspecified atom stereocenters. The van der Waals surface area contributed by atoms with Crippen molar-refractivity contribution in [2.75, 3.05) is 21.3 Å². The standard InChI is InChI=1S/C16H16N2O5.CH4O/c1-22-14-4-3-10(5-15(14)23-2)9-17-18-16(21)11-6-12(19)8-13(20)7-11;1-2/h3-9,19-20H,1-2H3,(H,18,21);2H,1H3/b17-9+;.